The molecule has 48 heavy (non-hydrogen) atoms. The summed E-state index contributed by atoms with van der Waals surface area (Å²) in [7, 11) is 0. The Labute approximate surface area is 282 Å². The van der Waals surface area contributed by atoms with Crippen molar-refractivity contribution >= 4 is 39.0 Å². The molecule has 0 amide bonds. The molecule has 10 rings (SSSR count). The van der Waals surface area contributed by atoms with Crippen molar-refractivity contribution in [2.45, 2.75) is 38.0 Å². The summed E-state index contributed by atoms with van der Waals surface area (Å²) in [5.74, 6) is 1.44. The molecule has 0 radical (unpaired) electrons. The van der Waals surface area contributed by atoms with Crippen molar-refractivity contribution in [3.8, 4) is 22.3 Å². The number of benzene rings is 6. The molecule has 3 aliphatic rings. The molecule has 232 valence electrons. The Hall–Kier alpha value is -5.34. The lowest BCUT2D eigenvalue weighted by molar-refractivity contribution is 0.284. The number of rotatable bonds is 4. The lowest BCUT2D eigenvalue weighted by Crippen LogP contribution is -2.36. The molecule has 1 saturated carbocycles. The van der Waals surface area contributed by atoms with E-state index in [1.54, 1.807) is 5.57 Å². The Morgan fingerprint density at radius 1 is 0.646 bits per heavy atom. The maximum Gasteiger partial charge on any atom is 0.137 e. The van der Waals surface area contributed by atoms with Crippen molar-refractivity contribution in [2.75, 3.05) is 4.90 Å². The van der Waals surface area contributed by atoms with Gasteiger partial charge in [0.05, 0.1) is 5.69 Å². The van der Waals surface area contributed by atoms with Crippen LogP contribution in [0.3, 0.4) is 0 Å². The quantitative estimate of drug-likeness (QED) is 0.182. The predicted octanol–water partition coefficient (Wildman–Crippen LogP) is 12.8. The van der Waals surface area contributed by atoms with Crippen LogP contribution in [0.15, 0.2) is 156 Å². The highest BCUT2D eigenvalue weighted by molar-refractivity contribution is 6.06. The second-order valence-corrected chi connectivity index (χ2v) is 14.2. The first-order valence-corrected chi connectivity index (χ1v) is 17.5. The fourth-order valence-corrected chi connectivity index (χ4v) is 9.43. The largest absolute Gasteiger partial charge is 0.456 e. The van der Waals surface area contributed by atoms with Crippen LogP contribution in [0.5, 0.6) is 0 Å². The van der Waals surface area contributed by atoms with E-state index >= 15 is 0 Å². The van der Waals surface area contributed by atoms with E-state index in [0.29, 0.717) is 5.92 Å². The maximum absolute atomic E-state index is 6.45. The van der Waals surface area contributed by atoms with E-state index < -0.39 is 0 Å². The Kier molecular flexibility index (Phi) is 6.12. The molecule has 7 aromatic rings. The van der Waals surface area contributed by atoms with E-state index in [4.69, 9.17) is 4.42 Å². The normalized spacial score (nSPS) is 20.9. The zero-order valence-electron chi connectivity index (χ0n) is 27.2. The van der Waals surface area contributed by atoms with Gasteiger partial charge in [0.15, 0.2) is 0 Å². The van der Waals surface area contributed by atoms with E-state index in [2.05, 4.69) is 151 Å². The third-order valence-electron chi connectivity index (χ3n) is 11.4. The summed E-state index contributed by atoms with van der Waals surface area (Å²) in [6, 6.07) is 51.1. The van der Waals surface area contributed by atoms with Crippen LogP contribution in [0.4, 0.5) is 17.1 Å². The third-order valence-corrected chi connectivity index (χ3v) is 11.4. The van der Waals surface area contributed by atoms with Gasteiger partial charge in [0.25, 0.3) is 0 Å². The Bertz CT molecular complexity index is 2380. The van der Waals surface area contributed by atoms with Crippen molar-refractivity contribution < 1.29 is 4.42 Å². The summed E-state index contributed by atoms with van der Waals surface area (Å²) in [6.07, 6.45) is 7.64. The van der Waals surface area contributed by atoms with Crippen molar-refractivity contribution in [1.82, 2.24) is 0 Å². The molecule has 3 aliphatic carbocycles. The molecule has 0 saturated heterocycles. The second kappa shape index (κ2) is 10.6. The Morgan fingerprint density at radius 2 is 1.38 bits per heavy atom. The molecule has 6 aromatic carbocycles. The SMILES string of the molecule is CC1C=C2CC(CCC23c2ccccc2-c2c(N(c4ccc(-c5ccccc5)cc4)c4ccc5c(c4)oc4ccccc45)cccc23)C1. The van der Waals surface area contributed by atoms with Crippen molar-refractivity contribution in [3.63, 3.8) is 0 Å². The zero-order valence-corrected chi connectivity index (χ0v) is 27.2. The number of anilines is 3. The van der Waals surface area contributed by atoms with Gasteiger partial charge in [-0.15, -0.1) is 0 Å². The number of allylic oxidation sites excluding steroid dienone is 2. The van der Waals surface area contributed by atoms with Crippen molar-refractivity contribution in [3.05, 3.63) is 162 Å². The molecule has 1 spiro atoms. The van der Waals surface area contributed by atoms with E-state index in [-0.39, 0.29) is 5.41 Å². The van der Waals surface area contributed by atoms with Gasteiger partial charge < -0.3 is 9.32 Å². The number of hydrogen-bond donors (Lipinski definition) is 0. The summed E-state index contributed by atoms with van der Waals surface area (Å²) in [6.45, 7) is 2.42. The van der Waals surface area contributed by atoms with Gasteiger partial charge in [-0.25, -0.2) is 0 Å². The molecule has 1 heterocycles. The summed E-state index contributed by atoms with van der Waals surface area (Å²) in [5.41, 5.74) is 15.0. The average molecular weight is 620 g/mol. The van der Waals surface area contributed by atoms with E-state index in [0.717, 1.165) is 39.2 Å². The van der Waals surface area contributed by atoms with Gasteiger partial charge in [0, 0.05) is 39.2 Å². The predicted molar refractivity (Wildman–Crippen MR) is 199 cm³/mol. The van der Waals surface area contributed by atoms with Gasteiger partial charge in [0.1, 0.15) is 11.2 Å². The van der Waals surface area contributed by atoms with Gasteiger partial charge in [-0.05, 0) is 102 Å². The lowest BCUT2D eigenvalue weighted by atomic mass is 9.58. The van der Waals surface area contributed by atoms with Crippen LogP contribution in [0, 0.1) is 11.8 Å². The van der Waals surface area contributed by atoms with Gasteiger partial charge in [-0.1, -0.05) is 116 Å². The van der Waals surface area contributed by atoms with E-state index in [1.165, 1.54) is 64.8 Å². The summed E-state index contributed by atoms with van der Waals surface area (Å²) < 4.78 is 6.45. The molecule has 0 aliphatic heterocycles. The highest BCUT2D eigenvalue weighted by atomic mass is 16.3. The smallest absolute Gasteiger partial charge is 0.137 e. The maximum atomic E-state index is 6.45. The fourth-order valence-electron chi connectivity index (χ4n) is 9.43. The average Bonchev–Trinajstić information content (AvgIpc) is 3.64. The van der Waals surface area contributed by atoms with Gasteiger partial charge in [-0.2, -0.15) is 0 Å². The minimum absolute atomic E-state index is 0.0569. The molecule has 3 unspecified atom stereocenters. The number of hydrogen-bond acceptors (Lipinski definition) is 2. The zero-order chi connectivity index (χ0) is 31.8. The standard InChI is InChI=1S/C46H37NO/c1-30-26-31-24-25-46(34(27-30)28-31)40-14-7-5-13-39(40)45-41(46)15-9-16-42(45)47(35-20-18-33(19-21-35)32-10-3-2-4-11-32)36-22-23-38-37-12-6-8-17-43(37)48-44(38)29-36/h2-23,27,29-31H,24-26,28H2,1H3. The summed E-state index contributed by atoms with van der Waals surface area (Å²) in [5, 5.41) is 2.30. The number of furan rings is 1. The minimum atomic E-state index is -0.0569. The van der Waals surface area contributed by atoms with Crippen LogP contribution in [0.2, 0.25) is 0 Å². The Balaban J connectivity index is 1.21. The molecular weight excluding hydrogens is 583 g/mol. The summed E-state index contributed by atoms with van der Waals surface area (Å²) in [4.78, 5) is 2.46. The van der Waals surface area contributed by atoms with Crippen LogP contribution in [0.25, 0.3) is 44.2 Å². The van der Waals surface area contributed by atoms with E-state index in [9.17, 15) is 0 Å². The van der Waals surface area contributed by atoms with Gasteiger partial charge >= 0.3 is 0 Å². The summed E-state index contributed by atoms with van der Waals surface area (Å²) >= 11 is 0. The molecule has 1 aromatic heterocycles. The van der Waals surface area contributed by atoms with Crippen LogP contribution >= 0.6 is 0 Å². The second-order valence-electron chi connectivity index (χ2n) is 14.2. The Morgan fingerprint density at radius 3 is 2.27 bits per heavy atom. The minimum Gasteiger partial charge on any atom is -0.456 e. The topological polar surface area (TPSA) is 16.4 Å². The van der Waals surface area contributed by atoms with Crippen LogP contribution in [0.1, 0.15) is 43.7 Å². The van der Waals surface area contributed by atoms with Crippen LogP contribution in [-0.2, 0) is 5.41 Å². The number of para-hydroxylation sites is 1. The van der Waals surface area contributed by atoms with Gasteiger partial charge in [-0.3, -0.25) is 0 Å². The monoisotopic (exact) mass is 619 g/mol. The number of fused-ring (bicyclic) bond motifs is 11. The molecule has 2 nitrogen and oxygen atoms in total. The molecule has 3 atom stereocenters. The first kappa shape index (κ1) is 27.7. The highest BCUT2D eigenvalue weighted by Gasteiger charge is 2.50. The first-order chi connectivity index (χ1) is 23.7. The van der Waals surface area contributed by atoms with E-state index in [1.807, 2.05) is 6.07 Å². The third kappa shape index (κ3) is 4.05. The van der Waals surface area contributed by atoms with Crippen LogP contribution in [-0.4, -0.2) is 0 Å². The van der Waals surface area contributed by atoms with Crippen molar-refractivity contribution in [1.29, 1.82) is 0 Å². The van der Waals surface area contributed by atoms with Gasteiger partial charge in [0.2, 0.25) is 0 Å². The molecule has 2 heteroatoms. The van der Waals surface area contributed by atoms with Crippen molar-refractivity contribution in [2.24, 2.45) is 11.8 Å². The fraction of sp³-hybridized carbons (Fsp3) is 0.174. The highest BCUT2D eigenvalue weighted by Crippen LogP contribution is 2.63. The van der Waals surface area contributed by atoms with Crippen LogP contribution < -0.4 is 4.90 Å². The molecule has 1 fully saturated rings. The molecular formula is C46H37NO. The lowest BCUT2D eigenvalue weighted by Gasteiger charge is -2.45. The molecule has 0 N–H and O–H groups in total. The number of nitrogens with zero attached hydrogens (tertiary/aromatic N) is 1. The first-order valence-electron chi connectivity index (χ1n) is 17.5. The molecule has 2 bridgehead atoms.